The van der Waals surface area contributed by atoms with Crippen molar-refractivity contribution >= 4 is 11.9 Å². The number of halogens is 3. The molecule has 2 heterocycles. The Balaban J connectivity index is 1.69. The third-order valence-corrected chi connectivity index (χ3v) is 3.87. The first kappa shape index (κ1) is 16.3. The number of ketones is 1. The fourth-order valence-corrected chi connectivity index (χ4v) is 2.73. The number of carbonyl (C=O) groups is 1. The lowest BCUT2D eigenvalue weighted by atomic mass is 9.97. The molecular formula is C18H11F3O5. The van der Waals surface area contributed by atoms with Crippen molar-refractivity contribution in [3.63, 3.8) is 0 Å². The van der Waals surface area contributed by atoms with Crippen LogP contribution in [0, 0.1) is 0 Å². The molecule has 134 valence electrons. The molecule has 0 spiro atoms. The summed E-state index contributed by atoms with van der Waals surface area (Å²) in [6.07, 6.45) is -3.50. The number of alkyl halides is 3. The van der Waals surface area contributed by atoms with E-state index >= 15 is 0 Å². The summed E-state index contributed by atoms with van der Waals surface area (Å²) in [4.78, 5) is 12.7. The van der Waals surface area contributed by atoms with Gasteiger partial charge in [-0.3, -0.25) is 4.79 Å². The fourth-order valence-electron chi connectivity index (χ4n) is 2.73. The van der Waals surface area contributed by atoms with Gasteiger partial charge in [0.15, 0.2) is 17.3 Å². The molecule has 0 N–H and O–H groups in total. The van der Waals surface area contributed by atoms with Gasteiger partial charge < -0.3 is 18.9 Å². The van der Waals surface area contributed by atoms with E-state index in [1.807, 2.05) is 0 Å². The zero-order valence-electron chi connectivity index (χ0n) is 13.1. The van der Waals surface area contributed by atoms with Gasteiger partial charge in [-0.05, 0) is 18.2 Å². The van der Waals surface area contributed by atoms with Crippen LogP contribution >= 0.6 is 0 Å². The molecular weight excluding hydrogens is 353 g/mol. The second-order valence-electron chi connectivity index (χ2n) is 5.57. The third-order valence-electron chi connectivity index (χ3n) is 3.87. The highest BCUT2D eigenvalue weighted by Crippen LogP contribution is 2.41. The Labute approximate surface area is 145 Å². The van der Waals surface area contributed by atoms with E-state index in [1.165, 1.54) is 30.3 Å². The van der Waals surface area contributed by atoms with E-state index in [-0.39, 0.29) is 35.9 Å². The average Bonchev–Trinajstić information content (AvgIpc) is 3.04. The van der Waals surface area contributed by atoms with E-state index in [1.54, 1.807) is 12.1 Å². The van der Waals surface area contributed by atoms with Gasteiger partial charge in [-0.15, -0.1) is 13.2 Å². The van der Waals surface area contributed by atoms with Gasteiger partial charge in [-0.2, -0.15) is 0 Å². The van der Waals surface area contributed by atoms with Crippen molar-refractivity contribution in [2.45, 2.75) is 6.36 Å². The summed E-state index contributed by atoms with van der Waals surface area (Å²) in [6.45, 7) is -0.0247. The highest BCUT2D eigenvalue weighted by molar-refractivity contribution is 6.14. The number of Topliss-reactive ketones (excluding diaryl/α,β-unsaturated/α-hetero) is 1. The van der Waals surface area contributed by atoms with E-state index in [0.717, 1.165) is 0 Å². The summed E-state index contributed by atoms with van der Waals surface area (Å²) < 4.78 is 57.7. The van der Waals surface area contributed by atoms with Crippen LogP contribution in [0.5, 0.6) is 23.0 Å². The van der Waals surface area contributed by atoms with Crippen LogP contribution in [0.2, 0.25) is 0 Å². The van der Waals surface area contributed by atoms with Gasteiger partial charge in [0.2, 0.25) is 6.79 Å². The second kappa shape index (κ2) is 5.98. The van der Waals surface area contributed by atoms with Gasteiger partial charge in [-0.1, -0.05) is 18.2 Å². The summed E-state index contributed by atoms with van der Waals surface area (Å²) in [6, 6.07) is 8.64. The Morgan fingerprint density at radius 3 is 2.50 bits per heavy atom. The molecule has 2 aliphatic heterocycles. The molecule has 0 amide bonds. The predicted molar refractivity (Wildman–Crippen MR) is 83.5 cm³/mol. The SMILES string of the molecule is O=C1/C(=C/c2ccccc2OC(F)(F)F)COc2cc3c(cc21)OCO3. The van der Waals surface area contributed by atoms with Crippen LogP contribution in [-0.4, -0.2) is 25.5 Å². The molecule has 2 aromatic rings. The largest absolute Gasteiger partial charge is 0.573 e. The van der Waals surface area contributed by atoms with Gasteiger partial charge in [0, 0.05) is 17.2 Å². The van der Waals surface area contributed by atoms with Crippen molar-refractivity contribution in [1.82, 2.24) is 0 Å². The summed E-state index contributed by atoms with van der Waals surface area (Å²) >= 11 is 0. The minimum atomic E-state index is -4.83. The van der Waals surface area contributed by atoms with Crippen molar-refractivity contribution in [2.75, 3.05) is 13.4 Å². The van der Waals surface area contributed by atoms with E-state index < -0.39 is 12.1 Å². The van der Waals surface area contributed by atoms with Crippen molar-refractivity contribution < 1.29 is 36.9 Å². The van der Waals surface area contributed by atoms with Crippen LogP contribution in [0.1, 0.15) is 15.9 Å². The van der Waals surface area contributed by atoms with Gasteiger partial charge in [0.1, 0.15) is 18.1 Å². The maximum absolute atomic E-state index is 12.7. The molecule has 0 fully saturated rings. The molecule has 0 radical (unpaired) electrons. The summed E-state index contributed by atoms with van der Waals surface area (Å²) in [5, 5.41) is 0. The van der Waals surface area contributed by atoms with Crippen LogP contribution in [0.4, 0.5) is 13.2 Å². The minimum absolute atomic E-state index is 0.0528. The highest BCUT2D eigenvalue weighted by atomic mass is 19.4. The number of carbonyl (C=O) groups excluding carboxylic acids is 1. The lowest BCUT2D eigenvalue weighted by molar-refractivity contribution is -0.274. The lowest BCUT2D eigenvalue weighted by Gasteiger charge is -2.19. The number of hydrogen-bond donors (Lipinski definition) is 0. The molecule has 0 bridgehead atoms. The smallest absolute Gasteiger partial charge is 0.488 e. The second-order valence-corrected chi connectivity index (χ2v) is 5.57. The first-order valence-corrected chi connectivity index (χ1v) is 7.57. The summed E-state index contributed by atoms with van der Waals surface area (Å²) in [5.41, 5.74) is 0.594. The Kier molecular flexibility index (Phi) is 3.75. The molecule has 2 aliphatic rings. The molecule has 0 aromatic heterocycles. The normalized spacial score (nSPS) is 17.0. The molecule has 26 heavy (non-hydrogen) atoms. The van der Waals surface area contributed by atoms with Crippen LogP contribution in [0.15, 0.2) is 42.0 Å². The van der Waals surface area contributed by atoms with Crippen molar-refractivity contribution in [1.29, 1.82) is 0 Å². The summed E-state index contributed by atoms with van der Waals surface area (Å²) in [7, 11) is 0. The van der Waals surface area contributed by atoms with Crippen molar-refractivity contribution in [2.24, 2.45) is 0 Å². The molecule has 0 aliphatic carbocycles. The molecule has 4 rings (SSSR count). The molecule has 0 saturated carbocycles. The maximum atomic E-state index is 12.7. The number of hydrogen-bond acceptors (Lipinski definition) is 5. The Hall–Kier alpha value is -3.16. The van der Waals surface area contributed by atoms with Gasteiger partial charge in [0.05, 0.1) is 5.56 Å². The standard InChI is InChI=1S/C18H11F3O5/c19-18(20,21)26-13-4-2-1-3-10(13)5-11-8-23-14-7-16-15(24-9-25-16)6-12(14)17(11)22/h1-7H,8-9H2/b11-5+. The maximum Gasteiger partial charge on any atom is 0.573 e. The summed E-state index contributed by atoms with van der Waals surface area (Å²) in [5.74, 6) is 0.495. The monoisotopic (exact) mass is 364 g/mol. The predicted octanol–water partition coefficient (Wildman–Crippen LogP) is 3.97. The van der Waals surface area contributed by atoms with Gasteiger partial charge >= 0.3 is 6.36 Å². The number of benzene rings is 2. The first-order valence-electron chi connectivity index (χ1n) is 7.57. The average molecular weight is 364 g/mol. The van der Waals surface area contributed by atoms with Crippen LogP contribution < -0.4 is 18.9 Å². The van der Waals surface area contributed by atoms with Crippen LogP contribution in [0.25, 0.3) is 6.08 Å². The molecule has 5 nitrogen and oxygen atoms in total. The van der Waals surface area contributed by atoms with Crippen molar-refractivity contribution in [3.05, 3.63) is 53.1 Å². The van der Waals surface area contributed by atoms with Crippen molar-refractivity contribution in [3.8, 4) is 23.0 Å². The molecule has 0 atom stereocenters. The van der Waals surface area contributed by atoms with Crippen LogP contribution in [-0.2, 0) is 0 Å². The van der Waals surface area contributed by atoms with Gasteiger partial charge in [0.25, 0.3) is 0 Å². The van der Waals surface area contributed by atoms with E-state index in [9.17, 15) is 18.0 Å². The minimum Gasteiger partial charge on any atom is -0.488 e. The number of rotatable bonds is 2. The molecule has 0 saturated heterocycles. The van der Waals surface area contributed by atoms with Crippen LogP contribution in [0.3, 0.4) is 0 Å². The Morgan fingerprint density at radius 2 is 1.73 bits per heavy atom. The lowest BCUT2D eigenvalue weighted by Crippen LogP contribution is -2.20. The fraction of sp³-hybridized carbons (Fsp3) is 0.167. The van der Waals surface area contributed by atoms with Gasteiger partial charge in [-0.25, -0.2) is 0 Å². The van der Waals surface area contributed by atoms with E-state index in [2.05, 4.69) is 4.74 Å². The zero-order valence-corrected chi connectivity index (χ0v) is 13.1. The number of fused-ring (bicyclic) bond motifs is 2. The Bertz CT molecular complexity index is 918. The highest BCUT2D eigenvalue weighted by Gasteiger charge is 2.32. The topological polar surface area (TPSA) is 54.0 Å². The van der Waals surface area contributed by atoms with E-state index in [0.29, 0.717) is 17.2 Å². The molecule has 0 unspecified atom stereocenters. The number of ether oxygens (including phenoxy) is 4. The zero-order chi connectivity index (χ0) is 18.3. The van der Waals surface area contributed by atoms with E-state index in [4.69, 9.17) is 14.2 Å². The number of para-hydroxylation sites is 1. The molecule has 8 heteroatoms. The first-order chi connectivity index (χ1) is 12.4. The third kappa shape index (κ3) is 3.05. The quantitative estimate of drug-likeness (QED) is 0.755. The molecule has 2 aromatic carbocycles. The Morgan fingerprint density at radius 1 is 1.00 bits per heavy atom.